The fourth-order valence-corrected chi connectivity index (χ4v) is 3.18. The Bertz CT molecular complexity index is 363. The Morgan fingerprint density at radius 1 is 1.29 bits per heavy atom. The van der Waals surface area contributed by atoms with E-state index in [1.165, 1.54) is 0 Å². The molecule has 0 aromatic heterocycles. The van der Waals surface area contributed by atoms with Gasteiger partial charge in [-0.25, -0.2) is 0 Å². The van der Waals surface area contributed by atoms with Crippen LogP contribution in [0.2, 0.25) is 5.02 Å². The van der Waals surface area contributed by atoms with Crippen LogP contribution < -0.4 is 0 Å². The summed E-state index contributed by atoms with van der Waals surface area (Å²) in [5.74, 6) is 0.0508. The summed E-state index contributed by atoms with van der Waals surface area (Å²) in [6.07, 6.45) is 3.96. The molecule has 0 heterocycles. The van der Waals surface area contributed by atoms with Crippen LogP contribution in [0.4, 0.5) is 0 Å². The fourth-order valence-electron chi connectivity index (χ4n) is 1.12. The van der Waals surface area contributed by atoms with E-state index in [9.17, 15) is 4.79 Å². The molecule has 0 spiro atoms. The third-order valence-electron chi connectivity index (χ3n) is 1.84. The number of carbonyl (C=O) groups is 1. The molecule has 1 aromatic carbocycles. The lowest BCUT2D eigenvalue weighted by atomic mass is 10.1. The predicted octanol–water partition coefficient (Wildman–Crippen LogP) is 3.99. The Hall–Kier alpha value is -0.120. The van der Waals surface area contributed by atoms with Crippen molar-refractivity contribution >= 4 is 40.9 Å². The molecule has 0 unspecified atom stereocenters. The largest absolute Gasteiger partial charge is 0.295 e. The normalized spacial score (nSPS) is 10.3. The van der Waals surface area contributed by atoms with Gasteiger partial charge in [0, 0.05) is 15.4 Å². The molecule has 0 atom stereocenters. The highest BCUT2D eigenvalue weighted by Gasteiger charge is 2.10. The molecule has 0 aliphatic carbocycles. The maximum atomic E-state index is 11.2. The van der Waals surface area contributed by atoms with Crippen LogP contribution in [-0.2, 0) is 0 Å². The van der Waals surface area contributed by atoms with Gasteiger partial charge in [-0.15, -0.1) is 23.5 Å². The van der Waals surface area contributed by atoms with E-state index in [2.05, 4.69) is 0 Å². The number of ketones is 1. The summed E-state index contributed by atoms with van der Waals surface area (Å²) in [7, 11) is 0. The molecule has 1 aromatic rings. The molecule has 0 aliphatic rings. The molecular weight excluding hydrogens is 236 g/mol. The zero-order chi connectivity index (χ0) is 10.7. The van der Waals surface area contributed by atoms with E-state index < -0.39 is 0 Å². The smallest absolute Gasteiger partial charge is 0.159 e. The van der Waals surface area contributed by atoms with Gasteiger partial charge < -0.3 is 0 Å². The highest BCUT2D eigenvalue weighted by Crippen LogP contribution is 2.35. The predicted molar refractivity (Wildman–Crippen MR) is 65.0 cm³/mol. The molecule has 1 nitrogen and oxygen atoms in total. The number of halogens is 1. The molecule has 0 bridgehead atoms. The molecule has 0 N–H and O–H groups in total. The monoisotopic (exact) mass is 246 g/mol. The second-order valence-corrected chi connectivity index (χ2v) is 4.82. The molecule has 14 heavy (non-hydrogen) atoms. The maximum Gasteiger partial charge on any atom is 0.159 e. The number of rotatable bonds is 3. The average molecular weight is 247 g/mol. The van der Waals surface area contributed by atoms with Gasteiger partial charge in [0.25, 0.3) is 0 Å². The number of thioether (sulfide) groups is 2. The van der Waals surface area contributed by atoms with Crippen molar-refractivity contribution < 1.29 is 4.79 Å². The SMILES string of the molecule is CSc1cc(C(C)=O)cc(Cl)c1SC. The lowest BCUT2D eigenvalue weighted by Crippen LogP contribution is -1.93. The zero-order valence-electron chi connectivity index (χ0n) is 8.26. The van der Waals surface area contributed by atoms with Crippen LogP contribution in [0.3, 0.4) is 0 Å². The van der Waals surface area contributed by atoms with Gasteiger partial charge in [0.1, 0.15) is 0 Å². The minimum atomic E-state index is 0.0508. The highest BCUT2D eigenvalue weighted by molar-refractivity contribution is 8.01. The average Bonchev–Trinajstić information content (AvgIpc) is 2.16. The van der Waals surface area contributed by atoms with Crippen LogP contribution in [0.15, 0.2) is 21.9 Å². The summed E-state index contributed by atoms with van der Waals surface area (Å²) in [5.41, 5.74) is 0.678. The van der Waals surface area contributed by atoms with Crippen molar-refractivity contribution in [3.63, 3.8) is 0 Å². The standard InChI is InChI=1S/C10H11ClOS2/c1-6(12)7-4-8(11)10(14-3)9(5-7)13-2/h4-5H,1-3H3. The Labute approximate surface area is 97.6 Å². The molecule has 4 heteroatoms. The van der Waals surface area contributed by atoms with Gasteiger partial charge >= 0.3 is 0 Å². The number of benzene rings is 1. The summed E-state index contributed by atoms with van der Waals surface area (Å²) < 4.78 is 0. The molecule has 76 valence electrons. The van der Waals surface area contributed by atoms with E-state index in [0.717, 1.165) is 9.79 Å². The molecule has 0 saturated heterocycles. The van der Waals surface area contributed by atoms with E-state index in [1.807, 2.05) is 18.6 Å². The van der Waals surface area contributed by atoms with Crippen LogP contribution >= 0.6 is 35.1 Å². The Morgan fingerprint density at radius 3 is 2.36 bits per heavy atom. The van der Waals surface area contributed by atoms with Gasteiger partial charge in [-0.1, -0.05) is 11.6 Å². The van der Waals surface area contributed by atoms with Gasteiger partial charge in [-0.05, 0) is 31.6 Å². The Morgan fingerprint density at radius 2 is 1.93 bits per heavy atom. The van der Waals surface area contributed by atoms with Gasteiger partial charge in [0.2, 0.25) is 0 Å². The maximum absolute atomic E-state index is 11.2. The fraction of sp³-hybridized carbons (Fsp3) is 0.300. The molecule has 0 amide bonds. The second kappa shape index (κ2) is 5.10. The van der Waals surface area contributed by atoms with Crippen LogP contribution in [0.1, 0.15) is 17.3 Å². The molecule has 1 rings (SSSR count). The summed E-state index contributed by atoms with van der Waals surface area (Å²) >= 11 is 9.28. The lowest BCUT2D eigenvalue weighted by Gasteiger charge is -2.08. The van der Waals surface area contributed by atoms with Gasteiger partial charge in [-0.2, -0.15) is 0 Å². The van der Waals surface area contributed by atoms with E-state index in [4.69, 9.17) is 11.6 Å². The van der Waals surface area contributed by atoms with Crippen molar-refractivity contribution in [2.24, 2.45) is 0 Å². The van der Waals surface area contributed by atoms with Crippen LogP contribution in [0.25, 0.3) is 0 Å². The van der Waals surface area contributed by atoms with Crippen molar-refractivity contribution in [1.82, 2.24) is 0 Å². The summed E-state index contributed by atoms with van der Waals surface area (Å²) in [6.45, 7) is 1.55. The van der Waals surface area contributed by atoms with Crippen LogP contribution in [0, 0.1) is 0 Å². The minimum absolute atomic E-state index is 0.0508. The van der Waals surface area contributed by atoms with Crippen LogP contribution in [0.5, 0.6) is 0 Å². The third kappa shape index (κ3) is 2.47. The van der Waals surface area contributed by atoms with Gasteiger partial charge in [0.15, 0.2) is 5.78 Å². The lowest BCUT2D eigenvalue weighted by molar-refractivity contribution is 0.101. The van der Waals surface area contributed by atoms with E-state index in [0.29, 0.717) is 10.6 Å². The number of hydrogen-bond acceptors (Lipinski definition) is 3. The summed E-state index contributed by atoms with van der Waals surface area (Å²) in [4.78, 5) is 13.3. The van der Waals surface area contributed by atoms with Crippen molar-refractivity contribution in [2.45, 2.75) is 16.7 Å². The molecule has 0 radical (unpaired) electrons. The quantitative estimate of drug-likeness (QED) is 0.593. The first-order chi connectivity index (χ1) is 6.60. The number of carbonyl (C=O) groups excluding carboxylic acids is 1. The molecule has 0 fully saturated rings. The first-order valence-electron chi connectivity index (χ1n) is 4.02. The molecular formula is C10H11ClOS2. The van der Waals surface area contributed by atoms with Crippen molar-refractivity contribution in [3.8, 4) is 0 Å². The minimum Gasteiger partial charge on any atom is -0.295 e. The van der Waals surface area contributed by atoms with Crippen molar-refractivity contribution in [1.29, 1.82) is 0 Å². The first-order valence-corrected chi connectivity index (χ1v) is 6.85. The van der Waals surface area contributed by atoms with E-state index in [1.54, 1.807) is 36.5 Å². The Balaban J connectivity index is 3.31. The van der Waals surface area contributed by atoms with E-state index >= 15 is 0 Å². The van der Waals surface area contributed by atoms with Crippen molar-refractivity contribution in [3.05, 3.63) is 22.7 Å². The molecule has 0 aliphatic heterocycles. The summed E-state index contributed by atoms with van der Waals surface area (Å²) in [5, 5.41) is 0.662. The first kappa shape index (κ1) is 12.0. The van der Waals surface area contributed by atoms with E-state index in [-0.39, 0.29) is 5.78 Å². The number of hydrogen-bond donors (Lipinski definition) is 0. The zero-order valence-corrected chi connectivity index (χ0v) is 10.6. The Kier molecular flexibility index (Phi) is 4.35. The van der Waals surface area contributed by atoms with Crippen molar-refractivity contribution in [2.75, 3.05) is 12.5 Å². The van der Waals surface area contributed by atoms with Gasteiger partial charge in [0.05, 0.1) is 5.02 Å². The highest BCUT2D eigenvalue weighted by atomic mass is 35.5. The summed E-state index contributed by atoms with van der Waals surface area (Å²) in [6, 6.07) is 3.63. The van der Waals surface area contributed by atoms with Crippen LogP contribution in [-0.4, -0.2) is 18.3 Å². The topological polar surface area (TPSA) is 17.1 Å². The van der Waals surface area contributed by atoms with Gasteiger partial charge in [-0.3, -0.25) is 4.79 Å². The number of Topliss-reactive ketones (excluding diaryl/α,β-unsaturated/α-hetero) is 1. The molecule has 0 saturated carbocycles. The second-order valence-electron chi connectivity index (χ2n) is 2.75. The third-order valence-corrected chi connectivity index (χ3v) is 3.99.